The molecule has 2 rings (SSSR count). The predicted octanol–water partition coefficient (Wildman–Crippen LogP) is 5.50. The van der Waals surface area contributed by atoms with E-state index in [0.29, 0.717) is 6.42 Å². The van der Waals surface area contributed by atoms with Crippen LogP contribution in [0, 0.1) is 5.41 Å². The zero-order valence-corrected chi connectivity index (χ0v) is 25.2. The van der Waals surface area contributed by atoms with E-state index in [-0.39, 0.29) is 39.2 Å². The standard InChI is InChI=1S/C31H42N4O8/c1-5-6-20-40-26(36)25(33-29(38)43-31(2,3)4)18-13-19-35(30(39)42-22-24-16-11-8-12-17-24)27(32)34-28(37)41-21-23-14-9-7-10-15-23/h7-12,14-17,25H,5-6,13,18-22H2,1-4H3,(H,33,38)(H2,32,34,37)/t25-/m0/s1. The summed E-state index contributed by atoms with van der Waals surface area (Å²) in [5.41, 5.74) is 0.697. The van der Waals surface area contributed by atoms with Gasteiger partial charge in [0.15, 0.2) is 0 Å². The monoisotopic (exact) mass is 598 g/mol. The van der Waals surface area contributed by atoms with E-state index in [1.807, 2.05) is 19.1 Å². The maximum absolute atomic E-state index is 13.0. The molecule has 2 aromatic rings. The largest absolute Gasteiger partial charge is 0.464 e. The van der Waals surface area contributed by atoms with Gasteiger partial charge in [0.25, 0.3) is 0 Å². The summed E-state index contributed by atoms with van der Waals surface area (Å²) < 4.78 is 21.1. The molecular weight excluding hydrogens is 556 g/mol. The van der Waals surface area contributed by atoms with Gasteiger partial charge in [-0.2, -0.15) is 0 Å². The number of ether oxygens (including phenoxy) is 4. The minimum absolute atomic E-state index is 0.0312. The van der Waals surface area contributed by atoms with Gasteiger partial charge in [-0.05, 0) is 51.2 Å². The molecule has 3 amide bonds. The molecule has 0 fully saturated rings. The Morgan fingerprint density at radius 1 is 0.837 bits per heavy atom. The summed E-state index contributed by atoms with van der Waals surface area (Å²) in [5, 5.41) is 13.2. The molecule has 0 radical (unpaired) electrons. The Bertz CT molecular complexity index is 1190. The number of amides is 3. The van der Waals surface area contributed by atoms with Crippen molar-refractivity contribution in [2.75, 3.05) is 13.2 Å². The summed E-state index contributed by atoms with van der Waals surface area (Å²) in [6.45, 7) is 7.03. The van der Waals surface area contributed by atoms with Crippen molar-refractivity contribution in [2.45, 2.75) is 78.2 Å². The summed E-state index contributed by atoms with van der Waals surface area (Å²) in [7, 11) is 0. The summed E-state index contributed by atoms with van der Waals surface area (Å²) >= 11 is 0. The number of rotatable bonds is 13. The van der Waals surface area contributed by atoms with Gasteiger partial charge in [-0.1, -0.05) is 74.0 Å². The molecular formula is C31H42N4O8. The van der Waals surface area contributed by atoms with Crippen molar-refractivity contribution >= 4 is 30.2 Å². The molecule has 3 N–H and O–H groups in total. The van der Waals surface area contributed by atoms with E-state index >= 15 is 0 Å². The Morgan fingerprint density at radius 2 is 1.42 bits per heavy atom. The quantitative estimate of drug-likeness (QED) is 0.0897. The van der Waals surface area contributed by atoms with Crippen LogP contribution in [0.3, 0.4) is 0 Å². The molecule has 12 heteroatoms. The Morgan fingerprint density at radius 3 is 1.98 bits per heavy atom. The first-order chi connectivity index (χ1) is 20.5. The van der Waals surface area contributed by atoms with Crippen molar-refractivity contribution in [3.05, 3.63) is 71.8 Å². The summed E-state index contributed by atoms with van der Waals surface area (Å²) in [5.74, 6) is -1.21. The highest BCUT2D eigenvalue weighted by Crippen LogP contribution is 2.11. The summed E-state index contributed by atoms with van der Waals surface area (Å²) in [4.78, 5) is 51.5. The van der Waals surface area contributed by atoms with Crippen LogP contribution < -0.4 is 10.6 Å². The maximum atomic E-state index is 13.0. The number of carbonyl (C=O) groups excluding carboxylic acids is 4. The second kappa shape index (κ2) is 18.0. The van der Waals surface area contributed by atoms with Gasteiger partial charge in [0.1, 0.15) is 24.9 Å². The van der Waals surface area contributed by atoms with Crippen LogP contribution in [0.4, 0.5) is 14.4 Å². The number of alkyl carbamates (subject to hydrolysis) is 2. The molecule has 12 nitrogen and oxygen atoms in total. The van der Waals surface area contributed by atoms with Crippen LogP contribution in [0.15, 0.2) is 60.7 Å². The first-order valence-electron chi connectivity index (χ1n) is 14.2. The van der Waals surface area contributed by atoms with Crippen molar-refractivity contribution in [3.8, 4) is 0 Å². The zero-order valence-electron chi connectivity index (χ0n) is 25.2. The molecule has 0 aliphatic carbocycles. The van der Waals surface area contributed by atoms with Gasteiger partial charge < -0.3 is 24.3 Å². The van der Waals surface area contributed by atoms with Gasteiger partial charge >= 0.3 is 24.2 Å². The number of carbonyl (C=O) groups is 4. The smallest absolute Gasteiger partial charge is 0.416 e. The molecule has 0 saturated carbocycles. The lowest BCUT2D eigenvalue weighted by Gasteiger charge is -2.25. The Balaban J connectivity index is 2.07. The van der Waals surface area contributed by atoms with E-state index in [1.165, 1.54) is 0 Å². The van der Waals surface area contributed by atoms with Crippen molar-refractivity contribution < 1.29 is 38.1 Å². The third-order valence-electron chi connectivity index (χ3n) is 5.72. The van der Waals surface area contributed by atoms with Crippen LogP contribution in [0.25, 0.3) is 0 Å². The highest BCUT2D eigenvalue weighted by atomic mass is 16.6. The summed E-state index contributed by atoms with van der Waals surface area (Å²) in [6.07, 6.45) is -0.946. The van der Waals surface area contributed by atoms with Crippen molar-refractivity contribution in [1.29, 1.82) is 5.41 Å². The number of nitrogens with one attached hydrogen (secondary N) is 3. The van der Waals surface area contributed by atoms with Crippen LogP contribution in [0.2, 0.25) is 0 Å². The van der Waals surface area contributed by atoms with Crippen LogP contribution in [0.5, 0.6) is 0 Å². The van der Waals surface area contributed by atoms with Gasteiger partial charge in [-0.25, -0.2) is 24.1 Å². The van der Waals surface area contributed by atoms with E-state index in [2.05, 4.69) is 10.6 Å². The minimum Gasteiger partial charge on any atom is -0.464 e. The number of benzene rings is 2. The van der Waals surface area contributed by atoms with Gasteiger partial charge in [0.05, 0.1) is 6.61 Å². The Labute approximate surface area is 252 Å². The highest BCUT2D eigenvalue weighted by molar-refractivity contribution is 5.99. The van der Waals surface area contributed by atoms with Crippen LogP contribution >= 0.6 is 0 Å². The van der Waals surface area contributed by atoms with Gasteiger partial charge in [0, 0.05) is 6.54 Å². The van der Waals surface area contributed by atoms with E-state index in [4.69, 9.17) is 24.4 Å². The molecule has 0 spiro atoms. The molecule has 0 heterocycles. The molecule has 1 atom stereocenters. The van der Waals surface area contributed by atoms with E-state index in [9.17, 15) is 19.2 Å². The van der Waals surface area contributed by atoms with E-state index in [0.717, 1.165) is 22.4 Å². The number of nitrogens with zero attached hydrogens (tertiary/aromatic N) is 1. The van der Waals surface area contributed by atoms with Crippen molar-refractivity contribution in [2.24, 2.45) is 0 Å². The Kier molecular flexibility index (Phi) is 14.5. The Hall–Kier alpha value is -4.61. The first-order valence-corrected chi connectivity index (χ1v) is 14.2. The van der Waals surface area contributed by atoms with Gasteiger partial charge in [-0.3, -0.25) is 10.7 Å². The number of unbranched alkanes of at least 4 members (excludes halogenated alkanes) is 1. The second-order valence-corrected chi connectivity index (χ2v) is 10.6. The molecule has 2 aromatic carbocycles. The summed E-state index contributed by atoms with van der Waals surface area (Å²) in [6, 6.07) is 16.9. The fraction of sp³-hybridized carbons (Fsp3) is 0.452. The topological polar surface area (TPSA) is 156 Å². The molecule has 0 aliphatic rings. The van der Waals surface area contributed by atoms with E-state index in [1.54, 1.807) is 69.3 Å². The number of esters is 1. The molecule has 234 valence electrons. The zero-order chi connectivity index (χ0) is 31.7. The van der Waals surface area contributed by atoms with Crippen molar-refractivity contribution in [3.63, 3.8) is 0 Å². The van der Waals surface area contributed by atoms with Gasteiger partial charge in [0.2, 0.25) is 5.96 Å². The molecule has 0 bridgehead atoms. The average Bonchev–Trinajstić information content (AvgIpc) is 2.96. The molecule has 43 heavy (non-hydrogen) atoms. The second-order valence-electron chi connectivity index (χ2n) is 10.6. The average molecular weight is 599 g/mol. The lowest BCUT2D eigenvalue weighted by Crippen LogP contribution is -2.48. The first kappa shape index (κ1) is 34.6. The fourth-order valence-corrected chi connectivity index (χ4v) is 3.58. The molecule has 0 aliphatic heterocycles. The molecule has 0 saturated heterocycles. The number of hydrogen-bond acceptors (Lipinski definition) is 9. The molecule has 0 unspecified atom stereocenters. The lowest BCUT2D eigenvalue weighted by atomic mass is 10.1. The number of guanidine groups is 1. The van der Waals surface area contributed by atoms with Crippen LogP contribution in [0.1, 0.15) is 64.5 Å². The third-order valence-corrected chi connectivity index (χ3v) is 5.72. The number of hydrogen-bond donors (Lipinski definition) is 3. The maximum Gasteiger partial charge on any atom is 0.416 e. The molecule has 0 aromatic heterocycles. The SMILES string of the molecule is CCCCOC(=O)[C@H](CCCN(C(=N)NC(=O)OCc1ccccc1)C(=O)OCc1ccccc1)NC(=O)OC(C)(C)C. The van der Waals surface area contributed by atoms with Crippen LogP contribution in [-0.4, -0.2) is 59.9 Å². The predicted molar refractivity (Wildman–Crippen MR) is 159 cm³/mol. The third kappa shape index (κ3) is 14.2. The fourth-order valence-electron chi connectivity index (χ4n) is 3.58. The van der Waals surface area contributed by atoms with E-state index < -0.39 is 41.9 Å². The normalized spacial score (nSPS) is 11.4. The van der Waals surface area contributed by atoms with Crippen molar-refractivity contribution in [1.82, 2.24) is 15.5 Å². The van der Waals surface area contributed by atoms with Gasteiger partial charge in [-0.15, -0.1) is 0 Å². The minimum atomic E-state index is -1.06. The highest BCUT2D eigenvalue weighted by Gasteiger charge is 2.27. The van der Waals surface area contributed by atoms with Crippen LogP contribution in [-0.2, 0) is 37.0 Å². The lowest BCUT2D eigenvalue weighted by molar-refractivity contribution is -0.146.